The molecule has 1 amide bonds. The first-order chi connectivity index (χ1) is 15.9. The quantitative estimate of drug-likeness (QED) is 0.219. The number of benzene rings is 1. The van der Waals surface area contributed by atoms with Gasteiger partial charge in [-0.2, -0.15) is 28.2 Å². The lowest BCUT2D eigenvalue weighted by molar-refractivity contribution is -0.0914. The number of amides is 1. The van der Waals surface area contributed by atoms with Gasteiger partial charge in [0.15, 0.2) is 5.83 Å². The van der Waals surface area contributed by atoms with E-state index in [2.05, 4.69) is 21.9 Å². The van der Waals surface area contributed by atoms with Crippen molar-refractivity contribution in [3.63, 3.8) is 0 Å². The van der Waals surface area contributed by atoms with Crippen LogP contribution in [0.15, 0.2) is 52.9 Å². The van der Waals surface area contributed by atoms with Gasteiger partial charge in [-0.3, -0.25) is 4.79 Å². The van der Waals surface area contributed by atoms with E-state index in [0.29, 0.717) is 6.92 Å². The maximum absolute atomic E-state index is 15.0. The van der Waals surface area contributed by atoms with Gasteiger partial charge in [0.05, 0.1) is 18.4 Å². The van der Waals surface area contributed by atoms with Crippen LogP contribution in [0.4, 0.5) is 22.0 Å². The Bertz CT molecular complexity index is 1090. The molecule has 34 heavy (non-hydrogen) atoms. The van der Waals surface area contributed by atoms with E-state index in [1.165, 1.54) is 36.4 Å². The third-order valence-corrected chi connectivity index (χ3v) is 4.89. The Morgan fingerprint density at radius 3 is 2.47 bits per heavy atom. The molecule has 0 radical (unpaired) electrons. The predicted molar refractivity (Wildman–Crippen MR) is 116 cm³/mol. The standard InChI is InChI=1S/C22H24F5N5O2/c1-6-31(15(4)12-34-20(28-5)16(23)11-14(3)22(25,26)27)21(33)18-17(32-29-9-10-30-32)8-7-13(2)19(18)24/h7-11,15H,5-6,12H2,1-4H3/b14-11+,20-16-/t15-/m0/s1. The van der Waals surface area contributed by atoms with Crippen molar-refractivity contribution < 1.29 is 31.5 Å². The molecule has 0 aliphatic heterocycles. The monoisotopic (exact) mass is 485 g/mol. The fourth-order valence-electron chi connectivity index (χ4n) is 2.99. The van der Waals surface area contributed by atoms with Crippen molar-refractivity contribution in [1.82, 2.24) is 19.9 Å². The van der Waals surface area contributed by atoms with Crippen LogP contribution in [0.1, 0.15) is 36.7 Å². The molecule has 0 aliphatic rings. The maximum atomic E-state index is 15.0. The summed E-state index contributed by atoms with van der Waals surface area (Å²) in [5.74, 6) is -3.58. The summed E-state index contributed by atoms with van der Waals surface area (Å²) in [4.78, 5) is 19.0. The van der Waals surface area contributed by atoms with Gasteiger partial charge in [-0.25, -0.2) is 13.8 Å². The zero-order valence-corrected chi connectivity index (χ0v) is 19.0. The average molecular weight is 485 g/mol. The van der Waals surface area contributed by atoms with Gasteiger partial charge in [0.25, 0.3) is 5.91 Å². The van der Waals surface area contributed by atoms with Crippen molar-refractivity contribution in [2.24, 2.45) is 4.99 Å². The first-order valence-electron chi connectivity index (χ1n) is 10.1. The van der Waals surface area contributed by atoms with Gasteiger partial charge in [0.1, 0.15) is 23.7 Å². The van der Waals surface area contributed by atoms with Gasteiger partial charge < -0.3 is 9.64 Å². The van der Waals surface area contributed by atoms with Gasteiger partial charge in [-0.1, -0.05) is 6.07 Å². The second-order valence-corrected chi connectivity index (χ2v) is 7.30. The number of likely N-dealkylation sites (N-methyl/N-ethyl adjacent to an activating group) is 1. The molecule has 12 heteroatoms. The Kier molecular flexibility index (Phi) is 8.66. The fraction of sp³-hybridized carbons (Fsp3) is 0.364. The number of alkyl halides is 3. The first-order valence-corrected chi connectivity index (χ1v) is 10.1. The molecule has 2 rings (SSSR count). The van der Waals surface area contributed by atoms with E-state index < -0.39 is 41.2 Å². The molecule has 0 saturated heterocycles. The van der Waals surface area contributed by atoms with E-state index in [-0.39, 0.29) is 36.0 Å². The summed E-state index contributed by atoms with van der Waals surface area (Å²) in [5, 5.41) is 7.90. The molecule has 2 aromatic rings. The van der Waals surface area contributed by atoms with Gasteiger partial charge in [-0.05, 0) is 52.1 Å². The molecule has 0 aliphatic carbocycles. The van der Waals surface area contributed by atoms with Crippen LogP contribution in [0.2, 0.25) is 0 Å². The number of carbonyl (C=O) groups excluding carboxylic acids is 1. The Balaban J connectivity index is 2.31. The van der Waals surface area contributed by atoms with Crippen LogP contribution >= 0.6 is 0 Å². The lowest BCUT2D eigenvalue weighted by Crippen LogP contribution is -2.42. The van der Waals surface area contributed by atoms with Crippen molar-refractivity contribution >= 4 is 12.6 Å². The number of allylic oxidation sites excluding steroid dienone is 3. The Morgan fingerprint density at radius 1 is 1.32 bits per heavy atom. The summed E-state index contributed by atoms with van der Waals surface area (Å²) in [6.07, 6.45) is -1.73. The molecule has 7 nitrogen and oxygen atoms in total. The molecule has 1 aromatic heterocycles. The van der Waals surface area contributed by atoms with Crippen LogP contribution in [-0.2, 0) is 4.74 Å². The van der Waals surface area contributed by atoms with Gasteiger partial charge in [0, 0.05) is 12.1 Å². The van der Waals surface area contributed by atoms with Crippen LogP contribution in [-0.4, -0.2) is 57.9 Å². The Hall–Kier alpha value is -3.57. The second-order valence-electron chi connectivity index (χ2n) is 7.30. The molecular formula is C22H24F5N5O2. The summed E-state index contributed by atoms with van der Waals surface area (Å²) >= 11 is 0. The summed E-state index contributed by atoms with van der Waals surface area (Å²) in [6.45, 7) is 8.28. The van der Waals surface area contributed by atoms with Gasteiger partial charge in [-0.15, -0.1) is 0 Å². The van der Waals surface area contributed by atoms with Crippen LogP contribution in [0.25, 0.3) is 5.69 Å². The van der Waals surface area contributed by atoms with E-state index in [9.17, 15) is 22.4 Å². The van der Waals surface area contributed by atoms with Crippen molar-refractivity contribution in [1.29, 1.82) is 0 Å². The number of aromatic nitrogens is 3. The van der Waals surface area contributed by atoms with Crippen LogP contribution in [0.3, 0.4) is 0 Å². The molecule has 184 valence electrons. The minimum atomic E-state index is -4.72. The largest absolute Gasteiger partial charge is 0.473 e. The van der Waals surface area contributed by atoms with Crippen molar-refractivity contribution in [2.75, 3.05) is 13.2 Å². The first kappa shape index (κ1) is 26.7. The highest BCUT2D eigenvalue weighted by Gasteiger charge is 2.31. The molecule has 1 atom stereocenters. The number of hydrogen-bond acceptors (Lipinski definition) is 5. The number of rotatable bonds is 9. The summed E-state index contributed by atoms with van der Waals surface area (Å²) in [5.41, 5.74) is -1.11. The van der Waals surface area contributed by atoms with E-state index in [0.717, 1.165) is 4.80 Å². The third-order valence-electron chi connectivity index (χ3n) is 4.89. The average Bonchev–Trinajstić information content (AvgIpc) is 3.30. The molecule has 0 unspecified atom stereocenters. The number of aliphatic imine (C=N–C) groups is 1. The lowest BCUT2D eigenvalue weighted by atomic mass is 10.1. The number of ether oxygens (including phenoxy) is 1. The van der Waals surface area contributed by atoms with Gasteiger partial charge >= 0.3 is 6.18 Å². The maximum Gasteiger partial charge on any atom is 0.412 e. The van der Waals surface area contributed by atoms with Crippen molar-refractivity contribution in [3.05, 3.63) is 64.8 Å². The molecule has 0 saturated carbocycles. The highest BCUT2D eigenvalue weighted by atomic mass is 19.4. The number of nitrogens with zero attached hydrogens (tertiary/aromatic N) is 5. The van der Waals surface area contributed by atoms with E-state index in [1.807, 2.05) is 0 Å². The molecule has 1 aromatic carbocycles. The molecule has 1 heterocycles. The molecular weight excluding hydrogens is 461 g/mol. The fourth-order valence-corrected chi connectivity index (χ4v) is 2.99. The van der Waals surface area contributed by atoms with Crippen LogP contribution < -0.4 is 0 Å². The highest BCUT2D eigenvalue weighted by molar-refractivity contribution is 5.98. The predicted octanol–water partition coefficient (Wildman–Crippen LogP) is 4.93. The van der Waals surface area contributed by atoms with E-state index in [1.54, 1.807) is 13.8 Å². The molecule has 0 spiro atoms. The summed E-state index contributed by atoms with van der Waals surface area (Å²) < 4.78 is 72.4. The Labute approximate surface area is 193 Å². The molecule has 0 N–H and O–H groups in total. The number of hydrogen-bond donors (Lipinski definition) is 0. The Morgan fingerprint density at radius 2 is 1.94 bits per heavy atom. The summed E-state index contributed by atoms with van der Waals surface area (Å²) in [7, 11) is 0. The number of halogens is 5. The lowest BCUT2D eigenvalue weighted by Gasteiger charge is -2.29. The van der Waals surface area contributed by atoms with Crippen molar-refractivity contribution in [2.45, 2.75) is 39.9 Å². The summed E-state index contributed by atoms with van der Waals surface area (Å²) in [6, 6.07) is 2.25. The van der Waals surface area contributed by atoms with Crippen molar-refractivity contribution in [3.8, 4) is 5.69 Å². The normalized spacial score (nSPS) is 13.9. The van der Waals surface area contributed by atoms with E-state index >= 15 is 4.39 Å². The SMILES string of the molecule is C=N/C(OC[C@H](C)N(CC)C(=O)c1c(-n2nccn2)ccc(C)c1F)=C(F)\C=C(/C)C(F)(F)F. The van der Waals surface area contributed by atoms with Crippen LogP contribution in [0.5, 0.6) is 0 Å². The van der Waals surface area contributed by atoms with E-state index in [4.69, 9.17) is 4.74 Å². The zero-order valence-electron chi connectivity index (χ0n) is 19.0. The molecule has 0 bridgehead atoms. The molecule has 0 fully saturated rings. The minimum absolute atomic E-state index is 0.122. The minimum Gasteiger partial charge on any atom is -0.473 e. The zero-order chi connectivity index (χ0) is 25.6. The second kappa shape index (κ2) is 11.0. The topological polar surface area (TPSA) is 72.6 Å². The smallest absolute Gasteiger partial charge is 0.412 e. The number of carbonyl (C=O) groups is 1. The highest BCUT2D eigenvalue weighted by Crippen LogP contribution is 2.27. The van der Waals surface area contributed by atoms with Crippen LogP contribution in [0, 0.1) is 12.7 Å². The number of aryl methyl sites for hydroxylation is 1. The van der Waals surface area contributed by atoms with Gasteiger partial charge in [0.2, 0.25) is 5.88 Å². The third kappa shape index (κ3) is 6.06.